The summed E-state index contributed by atoms with van der Waals surface area (Å²) in [4.78, 5) is 0. The van der Waals surface area contributed by atoms with Gasteiger partial charge in [-0.1, -0.05) is 40.2 Å². The van der Waals surface area contributed by atoms with Crippen LogP contribution in [0.1, 0.15) is 22.3 Å². The van der Waals surface area contributed by atoms with Crippen LogP contribution in [0, 0.1) is 19.7 Å². The van der Waals surface area contributed by atoms with Crippen LogP contribution in [0.5, 0.6) is 5.75 Å². The zero-order valence-corrected chi connectivity index (χ0v) is 12.6. The molecule has 0 unspecified atom stereocenters. The fourth-order valence-corrected chi connectivity index (χ4v) is 2.44. The monoisotopic (exact) mass is 322 g/mol. The van der Waals surface area contributed by atoms with Gasteiger partial charge in [0.1, 0.15) is 18.2 Å². The van der Waals surface area contributed by atoms with Gasteiger partial charge >= 0.3 is 0 Å². The lowest BCUT2D eigenvalue weighted by Crippen LogP contribution is -2.01. The Morgan fingerprint density at radius 3 is 2.53 bits per heavy atom. The van der Waals surface area contributed by atoms with Gasteiger partial charge in [0, 0.05) is 10.9 Å². The second-order valence-corrected chi connectivity index (χ2v) is 5.12. The molecule has 19 heavy (non-hydrogen) atoms. The molecule has 1 nitrogen and oxygen atoms in total. The van der Waals surface area contributed by atoms with Crippen LogP contribution in [0.25, 0.3) is 0 Å². The average Bonchev–Trinajstić information content (AvgIpc) is 2.39. The first kappa shape index (κ1) is 14.1. The summed E-state index contributed by atoms with van der Waals surface area (Å²) in [5.41, 5.74) is 4.15. The van der Waals surface area contributed by atoms with Gasteiger partial charge in [0.05, 0.1) is 0 Å². The van der Waals surface area contributed by atoms with E-state index < -0.39 is 0 Å². The summed E-state index contributed by atoms with van der Waals surface area (Å²) in [7, 11) is 0. The first-order chi connectivity index (χ1) is 9.11. The van der Waals surface area contributed by atoms with Crippen LogP contribution in [-0.2, 0) is 11.9 Å². The van der Waals surface area contributed by atoms with Gasteiger partial charge in [0.2, 0.25) is 0 Å². The van der Waals surface area contributed by atoms with E-state index in [0.717, 1.165) is 33.3 Å². The summed E-state index contributed by atoms with van der Waals surface area (Å²) in [6.07, 6.45) is 0. The van der Waals surface area contributed by atoms with Crippen molar-refractivity contribution in [3.63, 3.8) is 0 Å². The van der Waals surface area contributed by atoms with Crippen molar-refractivity contribution in [2.45, 2.75) is 25.8 Å². The van der Waals surface area contributed by atoms with Crippen molar-refractivity contribution in [2.75, 3.05) is 0 Å². The minimum Gasteiger partial charge on any atom is -0.488 e. The Hall–Kier alpha value is -1.35. The molecule has 0 aromatic heterocycles. The summed E-state index contributed by atoms with van der Waals surface area (Å²) in [5, 5.41) is 0.756. The number of hydrogen-bond donors (Lipinski definition) is 0. The maximum atomic E-state index is 13.0. The fourth-order valence-electron chi connectivity index (χ4n) is 2.00. The van der Waals surface area contributed by atoms with Crippen molar-refractivity contribution >= 4 is 15.9 Å². The zero-order chi connectivity index (χ0) is 13.8. The van der Waals surface area contributed by atoms with Crippen molar-refractivity contribution in [1.82, 2.24) is 0 Å². The molecule has 0 spiro atoms. The summed E-state index contributed by atoms with van der Waals surface area (Å²) in [6, 6.07) is 10.9. The molecule has 0 aliphatic carbocycles. The van der Waals surface area contributed by atoms with E-state index in [9.17, 15) is 4.39 Å². The van der Waals surface area contributed by atoms with Gasteiger partial charge in [-0.05, 0) is 42.7 Å². The Kier molecular flexibility index (Phi) is 4.59. The minimum absolute atomic E-state index is 0.210. The Morgan fingerprint density at radius 1 is 1.05 bits per heavy atom. The van der Waals surface area contributed by atoms with E-state index >= 15 is 0 Å². The maximum absolute atomic E-state index is 13.0. The van der Waals surface area contributed by atoms with Crippen molar-refractivity contribution in [1.29, 1.82) is 0 Å². The van der Waals surface area contributed by atoms with Crippen LogP contribution < -0.4 is 4.74 Å². The lowest BCUT2D eigenvalue weighted by molar-refractivity contribution is 0.301. The van der Waals surface area contributed by atoms with E-state index in [4.69, 9.17) is 4.74 Å². The van der Waals surface area contributed by atoms with Crippen molar-refractivity contribution in [3.05, 3.63) is 64.5 Å². The largest absolute Gasteiger partial charge is 0.488 e. The fraction of sp³-hybridized carbons (Fsp3) is 0.250. The summed E-state index contributed by atoms with van der Waals surface area (Å²) in [5.74, 6) is 0.696. The highest BCUT2D eigenvalue weighted by Gasteiger charge is 2.07. The topological polar surface area (TPSA) is 9.23 Å². The van der Waals surface area contributed by atoms with E-state index in [1.54, 1.807) is 6.07 Å². The molecule has 0 atom stereocenters. The number of alkyl halides is 1. The number of benzene rings is 2. The van der Waals surface area contributed by atoms with Gasteiger partial charge < -0.3 is 4.74 Å². The van der Waals surface area contributed by atoms with Gasteiger partial charge in [-0.15, -0.1) is 0 Å². The van der Waals surface area contributed by atoms with Crippen molar-refractivity contribution in [2.24, 2.45) is 0 Å². The van der Waals surface area contributed by atoms with Crippen molar-refractivity contribution in [3.8, 4) is 5.75 Å². The van der Waals surface area contributed by atoms with Crippen LogP contribution in [0.15, 0.2) is 36.4 Å². The first-order valence-electron chi connectivity index (χ1n) is 6.14. The highest BCUT2D eigenvalue weighted by Crippen LogP contribution is 2.26. The summed E-state index contributed by atoms with van der Waals surface area (Å²) in [6.45, 7) is 4.38. The molecule has 0 radical (unpaired) electrons. The highest BCUT2D eigenvalue weighted by atomic mass is 79.9. The van der Waals surface area contributed by atoms with E-state index in [0.29, 0.717) is 6.61 Å². The van der Waals surface area contributed by atoms with Crippen LogP contribution in [0.2, 0.25) is 0 Å². The van der Waals surface area contributed by atoms with Gasteiger partial charge in [-0.25, -0.2) is 4.39 Å². The Balaban J connectivity index is 2.19. The molecule has 100 valence electrons. The van der Waals surface area contributed by atoms with Crippen molar-refractivity contribution < 1.29 is 9.13 Å². The van der Waals surface area contributed by atoms with Gasteiger partial charge in [-0.2, -0.15) is 0 Å². The third-order valence-corrected chi connectivity index (χ3v) is 3.72. The molecule has 0 aliphatic rings. The molecular weight excluding hydrogens is 307 g/mol. The molecule has 0 saturated heterocycles. The number of ether oxygens (including phenoxy) is 1. The number of halogens is 2. The quantitative estimate of drug-likeness (QED) is 0.726. The minimum atomic E-state index is -0.210. The molecule has 2 aromatic carbocycles. The third-order valence-electron chi connectivity index (χ3n) is 3.11. The molecule has 0 heterocycles. The molecule has 0 fully saturated rings. The second-order valence-electron chi connectivity index (χ2n) is 4.56. The Bertz CT molecular complexity index is 581. The van der Waals surface area contributed by atoms with Gasteiger partial charge in [-0.3, -0.25) is 0 Å². The smallest absolute Gasteiger partial charge is 0.126 e. The molecule has 0 bridgehead atoms. The predicted molar refractivity (Wildman–Crippen MR) is 79.3 cm³/mol. The molecule has 0 aliphatic heterocycles. The highest BCUT2D eigenvalue weighted by molar-refractivity contribution is 9.08. The number of rotatable bonds is 4. The molecule has 3 heteroatoms. The number of hydrogen-bond acceptors (Lipinski definition) is 1. The third kappa shape index (κ3) is 3.35. The molecular formula is C16H16BrFO. The normalized spacial score (nSPS) is 10.5. The molecule has 0 N–H and O–H groups in total. The van der Waals surface area contributed by atoms with E-state index in [1.807, 2.05) is 32.0 Å². The summed E-state index contributed by atoms with van der Waals surface area (Å²) < 4.78 is 19.0. The van der Waals surface area contributed by atoms with Crippen LogP contribution in [0.3, 0.4) is 0 Å². The molecule has 2 rings (SSSR count). The average molecular weight is 323 g/mol. The van der Waals surface area contributed by atoms with E-state index in [1.165, 1.54) is 12.1 Å². The van der Waals surface area contributed by atoms with E-state index in [-0.39, 0.29) is 5.82 Å². The molecule has 2 aromatic rings. The lowest BCUT2D eigenvalue weighted by Gasteiger charge is -2.14. The van der Waals surface area contributed by atoms with E-state index in [2.05, 4.69) is 15.9 Å². The lowest BCUT2D eigenvalue weighted by atomic mass is 10.1. The second kappa shape index (κ2) is 6.20. The van der Waals surface area contributed by atoms with Crippen LogP contribution in [0.4, 0.5) is 4.39 Å². The summed E-state index contributed by atoms with van der Waals surface area (Å²) >= 11 is 3.46. The van der Waals surface area contributed by atoms with Gasteiger partial charge in [0.25, 0.3) is 0 Å². The molecule has 0 amide bonds. The standard InChI is InChI=1S/C16H16BrFO/c1-11-4-3-5-13(9-17)16(11)19-10-14-6-7-15(18)8-12(14)2/h3-8H,9-10H2,1-2H3. The first-order valence-corrected chi connectivity index (χ1v) is 7.26. The van der Waals surface area contributed by atoms with Crippen LogP contribution in [-0.4, -0.2) is 0 Å². The number of para-hydroxylation sites is 1. The van der Waals surface area contributed by atoms with Gasteiger partial charge in [0.15, 0.2) is 0 Å². The maximum Gasteiger partial charge on any atom is 0.126 e. The number of aryl methyl sites for hydroxylation is 2. The zero-order valence-electron chi connectivity index (χ0n) is 11.0. The Labute approximate surface area is 121 Å². The predicted octanol–water partition coefficient (Wildman–Crippen LogP) is 4.92. The van der Waals surface area contributed by atoms with Crippen LogP contribution >= 0.6 is 15.9 Å². The molecule has 0 saturated carbocycles. The Morgan fingerprint density at radius 2 is 1.84 bits per heavy atom. The SMILES string of the molecule is Cc1cc(F)ccc1COc1c(C)cccc1CBr.